The number of anilines is 2. The largest absolute Gasteiger partial charge is 0.444 e. The van der Waals surface area contributed by atoms with Gasteiger partial charge in [-0.05, 0) is 57.9 Å². The van der Waals surface area contributed by atoms with Crippen LogP contribution in [0.15, 0.2) is 18.2 Å². The first-order valence-electron chi connectivity index (χ1n) is 7.08. The quantitative estimate of drug-likeness (QED) is 0.789. The molecule has 0 bridgehead atoms. The molecule has 0 spiro atoms. The summed E-state index contributed by atoms with van der Waals surface area (Å²) in [6.07, 6.45) is -0.476. The van der Waals surface area contributed by atoms with Gasteiger partial charge in [-0.25, -0.2) is 4.79 Å². The second kappa shape index (κ2) is 5.71. The van der Waals surface area contributed by atoms with Crippen LogP contribution in [-0.2, 0) is 4.74 Å². The minimum Gasteiger partial charge on any atom is -0.444 e. The number of benzene rings is 1. The van der Waals surface area contributed by atoms with Gasteiger partial charge in [0.1, 0.15) is 11.4 Å². The van der Waals surface area contributed by atoms with Crippen LogP contribution in [0.5, 0.6) is 0 Å². The number of nitrogens with one attached hydrogen (secondary N) is 2. The monoisotopic (exact) mass is 302 g/mol. The van der Waals surface area contributed by atoms with Crippen LogP contribution in [0, 0.1) is 13.8 Å². The molecule has 0 radical (unpaired) electrons. The highest BCUT2D eigenvalue weighted by atomic mass is 16.6. The molecule has 0 saturated heterocycles. The van der Waals surface area contributed by atoms with Crippen molar-refractivity contribution in [2.45, 2.75) is 40.2 Å². The van der Waals surface area contributed by atoms with Crippen molar-refractivity contribution in [3.8, 4) is 11.3 Å². The van der Waals surface area contributed by atoms with Gasteiger partial charge in [-0.2, -0.15) is 5.10 Å². The molecule has 1 heterocycles. The summed E-state index contributed by atoms with van der Waals surface area (Å²) in [7, 11) is 0. The molecular weight excluding hydrogens is 280 g/mol. The third-order valence-corrected chi connectivity index (χ3v) is 3.21. The molecule has 0 aliphatic carbocycles. The number of amides is 1. The number of aryl methyl sites for hydroxylation is 1. The first-order valence-corrected chi connectivity index (χ1v) is 7.08. The van der Waals surface area contributed by atoms with Crippen LogP contribution in [0.25, 0.3) is 11.3 Å². The number of carbonyl (C=O) groups is 1. The summed E-state index contributed by atoms with van der Waals surface area (Å²) in [5.41, 5.74) is 9.55. The fourth-order valence-electron chi connectivity index (χ4n) is 2.04. The van der Waals surface area contributed by atoms with Gasteiger partial charge in [0, 0.05) is 17.3 Å². The zero-order valence-electron chi connectivity index (χ0n) is 13.6. The molecule has 0 atom stereocenters. The lowest BCUT2D eigenvalue weighted by molar-refractivity contribution is 0.0636. The van der Waals surface area contributed by atoms with Gasteiger partial charge in [0.05, 0.1) is 5.69 Å². The highest BCUT2D eigenvalue weighted by Crippen LogP contribution is 2.28. The molecule has 0 aliphatic heterocycles. The Morgan fingerprint density at radius 2 is 1.95 bits per heavy atom. The Hall–Kier alpha value is -2.50. The second-order valence-corrected chi connectivity index (χ2v) is 6.30. The predicted octanol–water partition coefficient (Wildman–Crippen LogP) is 3.62. The molecule has 0 fully saturated rings. The van der Waals surface area contributed by atoms with Crippen molar-refractivity contribution in [1.82, 2.24) is 10.2 Å². The number of nitrogens with zero attached hydrogens (tertiary/aromatic N) is 1. The lowest BCUT2D eigenvalue weighted by Crippen LogP contribution is -2.27. The molecule has 118 valence electrons. The standard InChI is InChI=1S/C16H22N4O2/c1-9-6-11(13-8-14(17)20-19-13)7-12(10(9)2)18-15(21)22-16(3,4)5/h6-8H,1-5H3,(H,18,21)(H3,17,19,20). The van der Waals surface area contributed by atoms with Crippen LogP contribution < -0.4 is 11.1 Å². The average molecular weight is 302 g/mol. The number of nitrogens with two attached hydrogens (primary N) is 1. The van der Waals surface area contributed by atoms with Crippen molar-refractivity contribution in [2.24, 2.45) is 0 Å². The van der Waals surface area contributed by atoms with Gasteiger partial charge in [-0.15, -0.1) is 0 Å². The predicted molar refractivity (Wildman–Crippen MR) is 87.8 cm³/mol. The zero-order chi connectivity index (χ0) is 16.5. The van der Waals surface area contributed by atoms with Crippen LogP contribution in [0.4, 0.5) is 16.3 Å². The summed E-state index contributed by atoms with van der Waals surface area (Å²) in [5.74, 6) is 0.426. The molecular formula is C16H22N4O2. The Kier molecular flexibility index (Phi) is 4.12. The third-order valence-electron chi connectivity index (χ3n) is 3.21. The molecule has 6 heteroatoms. The van der Waals surface area contributed by atoms with Gasteiger partial charge < -0.3 is 10.5 Å². The van der Waals surface area contributed by atoms with Gasteiger partial charge >= 0.3 is 6.09 Å². The van der Waals surface area contributed by atoms with Gasteiger partial charge in [0.15, 0.2) is 0 Å². The van der Waals surface area contributed by atoms with Gasteiger partial charge in [-0.3, -0.25) is 10.4 Å². The topological polar surface area (TPSA) is 93.0 Å². The number of aromatic amines is 1. The number of hydrogen-bond acceptors (Lipinski definition) is 4. The van der Waals surface area contributed by atoms with Crippen LogP contribution in [0.3, 0.4) is 0 Å². The van der Waals surface area contributed by atoms with Gasteiger partial charge in [0.2, 0.25) is 0 Å². The van der Waals surface area contributed by atoms with E-state index in [0.717, 1.165) is 22.4 Å². The van der Waals surface area contributed by atoms with E-state index in [0.29, 0.717) is 11.5 Å². The van der Waals surface area contributed by atoms with Crippen molar-refractivity contribution in [2.75, 3.05) is 11.1 Å². The van der Waals surface area contributed by atoms with E-state index in [1.807, 2.05) is 46.8 Å². The average Bonchev–Trinajstić information content (AvgIpc) is 2.79. The van der Waals surface area contributed by atoms with E-state index in [4.69, 9.17) is 10.5 Å². The molecule has 6 nitrogen and oxygen atoms in total. The third kappa shape index (κ3) is 3.78. The van der Waals surface area contributed by atoms with Crippen molar-refractivity contribution < 1.29 is 9.53 Å². The molecule has 2 rings (SSSR count). The summed E-state index contributed by atoms with van der Waals surface area (Å²) in [6, 6.07) is 5.64. The van der Waals surface area contributed by atoms with Gasteiger partial charge in [-0.1, -0.05) is 0 Å². The molecule has 2 aromatic rings. The highest BCUT2D eigenvalue weighted by Gasteiger charge is 2.17. The maximum Gasteiger partial charge on any atom is 0.412 e. The Morgan fingerprint density at radius 3 is 2.50 bits per heavy atom. The van der Waals surface area contributed by atoms with E-state index < -0.39 is 11.7 Å². The fraction of sp³-hybridized carbons (Fsp3) is 0.375. The number of carbonyl (C=O) groups excluding carboxylic acids is 1. The minimum atomic E-state index is -0.539. The SMILES string of the molecule is Cc1cc(-c2cc(N)n[nH]2)cc(NC(=O)OC(C)(C)C)c1C. The Bertz CT molecular complexity index is 699. The minimum absolute atomic E-state index is 0.426. The van der Waals surface area contributed by atoms with E-state index in [-0.39, 0.29) is 0 Å². The molecule has 0 saturated carbocycles. The lowest BCUT2D eigenvalue weighted by Gasteiger charge is -2.20. The normalized spacial score (nSPS) is 11.3. The van der Waals surface area contributed by atoms with Crippen LogP contribution >= 0.6 is 0 Å². The molecule has 0 aliphatic rings. The summed E-state index contributed by atoms with van der Waals surface area (Å²) in [6.45, 7) is 9.42. The molecule has 0 unspecified atom stereocenters. The summed E-state index contributed by atoms with van der Waals surface area (Å²) in [5, 5.41) is 9.59. The van der Waals surface area contributed by atoms with Crippen molar-refractivity contribution >= 4 is 17.6 Å². The fourth-order valence-corrected chi connectivity index (χ4v) is 2.04. The van der Waals surface area contributed by atoms with Crippen LogP contribution in [0.2, 0.25) is 0 Å². The smallest absolute Gasteiger partial charge is 0.412 e. The number of H-pyrrole nitrogens is 1. The second-order valence-electron chi connectivity index (χ2n) is 6.30. The maximum absolute atomic E-state index is 12.0. The van der Waals surface area contributed by atoms with Crippen molar-refractivity contribution in [3.05, 3.63) is 29.3 Å². The van der Waals surface area contributed by atoms with Crippen LogP contribution in [-0.4, -0.2) is 21.9 Å². The molecule has 1 aromatic carbocycles. The van der Waals surface area contributed by atoms with E-state index in [1.54, 1.807) is 6.07 Å². The Labute approximate surface area is 130 Å². The highest BCUT2D eigenvalue weighted by molar-refractivity contribution is 5.87. The number of hydrogen-bond donors (Lipinski definition) is 3. The zero-order valence-corrected chi connectivity index (χ0v) is 13.6. The van der Waals surface area contributed by atoms with Crippen LogP contribution in [0.1, 0.15) is 31.9 Å². The van der Waals surface area contributed by atoms with E-state index in [1.165, 1.54) is 0 Å². The molecule has 1 amide bonds. The Balaban J connectivity index is 2.31. The van der Waals surface area contributed by atoms with E-state index in [2.05, 4.69) is 15.5 Å². The maximum atomic E-state index is 12.0. The molecule has 4 N–H and O–H groups in total. The number of aromatic nitrogens is 2. The summed E-state index contributed by atoms with van der Waals surface area (Å²) >= 11 is 0. The van der Waals surface area contributed by atoms with E-state index in [9.17, 15) is 4.79 Å². The summed E-state index contributed by atoms with van der Waals surface area (Å²) in [4.78, 5) is 12.0. The van der Waals surface area contributed by atoms with Gasteiger partial charge in [0.25, 0.3) is 0 Å². The molecule has 1 aromatic heterocycles. The Morgan fingerprint density at radius 1 is 1.27 bits per heavy atom. The first-order chi connectivity index (χ1) is 10.2. The van der Waals surface area contributed by atoms with Crippen molar-refractivity contribution in [1.29, 1.82) is 0 Å². The van der Waals surface area contributed by atoms with Crippen molar-refractivity contribution in [3.63, 3.8) is 0 Å². The first kappa shape index (κ1) is 15.9. The lowest BCUT2D eigenvalue weighted by atomic mass is 10.0. The summed E-state index contributed by atoms with van der Waals surface area (Å²) < 4.78 is 5.30. The number of rotatable bonds is 2. The molecule has 22 heavy (non-hydrogen) atoms. The number of nitrogen functional groups attached to an aromatic ring is 1. The number of ether oxygens (including phenoxy) is 1. The van der Waals surface area contributed by atoms with E-state index >= 15 is 0 Å².